The van der Waals surface area contributed by atoms with Crippen LogP contribution in [0.1, 0.15) is 27.0 Å². The number of ether oxygens (including phenoxy) is 1. The van der Waals surface area contributed by atoms with Crippen molar-refractivity contribution in [1.29, 1.82) is 0 Å². The monoisotopic (exact) mass is 440 g/mol. The van der Waals surface area contributed by atoms with Gasteiger partial charge in [-0.15, -0.1) is 0 Å². The number of amides is 1. The van der Waals surface area contributed by atoms with Gasteiger partial charge < -0.3 is 15.4 Å². The van der Waals surface area contributed by atoms with Crippen LogP contribution < -0.4 is 15.4 Å². The Labute approximate surface area is 191 Å². The summed E-state index contributed by atoms with van der Waals surface area (Å²) in [5, 5.41) is 13.2. The van der Waals surface area contributed by atoms with Gasteiger partial charge >= 0.3 is 0 Å². The molecule has 0 unspecified atom stereocenters. The Hall–Kier alpha value is -4.20. The number of carbonyl (C=O) groups is 1. The van der Waals surface area contributed by atoms with Crippen molar-refractivity contribution in [3.63, 3.8) is 0 Å². The van der Waals surface area contributed by atoms with Crippen LogP contribution in [0.15, 0.2) is 67.4 Å². The molecule has 3 aromatic heterocycles. The fourth-order valence-corrected chi connectivity index (χ4v) is 3.92. The molecule has 8 heteroatoms. The zero-order valence-electron chi connectivity index (χ0n) is 18.0. The molecule has 1 aliphatic rings. The van der Waals surface area contributed by atoms with Crippen LogP contribution >= 0.6 is 0 Å². The van der Waals surface area contributed by atoms with Gasteiger partial charge in [0.25, 0.3) is 5.91 Å². The predicted octanol–water partition coefficient (Wildman–Crippen LogP) is 3.39. The Morgan fingerprint density at radius 3 is 2.91 bits per heavy atom. The standard InChI is InChI=1S/C25H24N6O2/c32-25(27-9-6-17-4-2-8-26-12-17)19-5-1-3-18(11-19)13-28-24-21-7-10-33-23(21)22(16-29-24)20-14-30-31-15-20/h1-5,8,11-12,14-16H,6-7,9-10,13H2,(H,27,32)(H,28,29)(H,30,31). The van der Waals surface area contributed by atoms with Gasteiger partial charge in [0.15, 0.2) is 0 Å². The van der Waals surface area contributed by atoms with Gasteiger partial charge in [0, 0.05) is 66.6 Å². The second-order valence-electron chi connectivity index (χ2n) is 7.83. The van der Waals surface area contributed by atoms with Crippen LogP contribution in [-0.4, -0.2) is 39.2 Å². The largest absolute Gasteiger partial charge is 0.492 e. The second-order valence-corrected chi connectivity index (χ2v) is 7.83. The van der Waals surface area contributed by atoms with E-state index in [1.807, 2.05) is 55.0 Å². The van der Waals surface area contributed by atoms with Crippen LogP contribution in [0.5, 0.6) is 5.75 Å². The molecule has 1 amide bonds. The van der Waals surface area contributed by atoms with Gasteiger partial charge in [0.1, 0.15) is 11.6 Å². The zero-order chi connectivity index (χ0) is 22.5. The third-order valence-corrected chi connectivity index (χ3v) is 5.61. The van der Waals surface area contributed by atoms with Gasteiger partial charge in [0.05, 0.1) is 12.8 Å². The van der Waals surface area contributed by atoms with Gasteiger partial charge in [-0.3, -0.25) is 14.9 Å². The van der Waals surface area contributed by atoms with E-state index in [9.17, 15) is 4.79 Å². The average molecular weight is 441 g/mol. The maximum atomic E-state index is 12.6. The minimum Gasteiger partial charge on any atom is -0.492 e. The van der Waals surface area contributed by atoms with E-state index in [4.69, 9.17) is 4.74 Å². The molecule has 0 aliphatic carbocycles. The smallest absolute Gasteiger partial charge is 0.251 e. The number of benzene rings is 1. The maximum Gasteiger partial charge on any atom is 0.251 e. The molecule has 166 valence electrons. The number of carbonyl (C=O) groups excluding carboxylic acids is 1. The van der Waals surface area contributed by atoms with Crippen molar-refractivity contribution < 1.29 is 9.53 Å². The highest BCUT2D eigenvalue weighted by atomic mass is 16.5. The summed E-state index contributed by atoms with van der Waals surface area (Å²) in [6.07, 6.45) is 10.5. The number of pyridine rings is 2. The fourth-order valence-electron chi connectivity index (χ4n) is 3.92. The minimum atomic E-state index is -0.0855. The van der Waals surface area contributed by atoms with E-state index in [0.717, 1.165) is 52.2 Å². The lowest BCUT2D eigenvalue weighted by atomic mass is 10.1. The van der Waals surface area contributed by atoms with E-state index in [2.05, 4.69) is 30.8 Å². The molecule has 3 N–H and O–H groups in total. The first kappa shape index (κ1) is 20.7. The molecule has 0 saturated heterocycles. The number of aromatic amines is 1. The quantitative estimate of drug-likeness (QED) is 0.388. The Bertz CT molecular complexity index is 1240. The van der Waals surface area contributed by atoms with Crippen molar-refractivity contribution in [2.45, 2.75) is 19.4 Å². The molecule has 0 saturated carbocycles. The highest BCUT2D eigenvalue weighted by molar-refractivity contribution is 5.94. The molecule has 8 nitrogen and oxygen atoms in total. The summed E-state index contributed by atoms with van der Waals surface area (Å²) in [5.74, 6) is 1.58. The number of rotatable bonds is 8. The molecule has 0 radical (unpaired) electrons. The molecule has 0 atom stereocenters. The van der Waals surface area contributed by atoms with Crippen molar-refractivity contribution in [2.24, 2.45) is 0 Å². The Balaban J connectivity index is 1.22. The summed E-state index contributed by atoms with van der Waals surface area (Å²) >= 11 is 0. The molecule has 0 spiro atoms. The summed E-state index contributed by atoms with van der Waals surface area (Å²) in [7, 11) is 0. The number of fused-ring (bicyclic) bond motifs is 1. The Kier molecular flexibility index (Phi) is 5.97. The van der Waals surface area contributed by atoms with E-state index in [-0.39, 0.29) is 5.91 Å². The van der Waals surface area contributed by atoms with Crippen LogP contribution in [0.25, 0.3) is 11.1 Å². The normalized spacial score (nSPS) is 12.1. The first-order valence-corrected chi connectivity index (χ1v) is 10.9. The molecule has 1 aromatic carbocycles. The van der Waals surface area contributed by atoms with Gasteiger partial charge in [0.2, 0.25) is 0 Å². The lowest BCUT2D eigenvalue weighted by Gasteiger charge is -2.12. The number of anilines is 1. The van der Waals surface area contributed by atoms with Crippen LogP contribution in [0.2, 0.25) is 0 Å². The number of nitrogens with one attached hydrogen (secondary N) is 3. The lowest BCUT2D eigenvalue weighted by molar-refractivity contribution is 0.0954. The summed E-state index contributed by atoms with van der Waals surface area (Å²) in [5.41, 5.74) is 5.69. The Morgan fingerprint density at radius 1 is 1.12 bits per heavy atom. The zero-order valence-corrected chi connectivity index (χ0v) is 18.0. The number of aromatic nitrogens is 4. The first-order chi connectivity index (χ1) is 16.3. The van der Waals surface area contributed by atoms with E-state index in [1.165, 1.54) is 0 Å². The van der Waals surface area contributed by atoms with Crippen LogP contribution in [-0.2, 0) is 19.4 Å². The summed E-state index contributed by atoms with van der Waals surface area (Å²) in [6, 6.07) is 11.5. The summed E-state index contributed by atoms with van der Waals surface area (Å²) < 4.78 is 5.89. The molecule has 4 aromatic rings. The minimum absolute atomic E-state index is 0.0855. The molecule has 0 fully saturated rings. The third-order valence-electron chi connectivity index (χ3n) is 5.61. The van der Waals surface area contributed by atoms with Gasteiger partial charge in [-0.1, -0.05) is 18.2 Å². The third kappa shape index (κ3) is 4.69. The number of H-pyrrole nitrogens is 1. The van der Waals surface area contributed by atoms with E-state index in [0.29, 0.717) is 25.3 Å². The van der Waals surface area contributed by atoms with Crippen molar-refractivity contribution in [1.82, 2.24) is 25.5 Å². The van der Waals surface area contributed by atoms with Gasteiger partial charge in [-0.2, -0.15) is 5.10 Å². The number of hydrogen-bond acceptors (Lipinski definition) is 6. The number of nitrogens with zero attached hydrogens (tertiary/aromatic N) is 3. The van der Waals surface area contributed by atoms with Crippen molar-refractivity contribution in [2.75, 3.05) is 18.5 Å². The van der Waals surface area contributed by atoms with E-state index in [1.54, 1.807) is 12.4 Å². The summed E-state index contributed by atoms with van der Waals surface area (Å²) in [4.78, 5) is 21.3. The van der Waals surface area contributed by atoms with Crippen molar-refractivity contribution in [3.05, 3.63) is 89.6 Å². The van der Waals surface area contributed by atoms with Crippen LogP contribution in [0.4, 0.5) is 5.82 Å². The first-order valence-electron chi connectivity index (χ1n) is 10.9. The second kappa shape index (κ2) is 9.52. The van der Waals surface area contributed by atoms with Gasteiger partial charge in [-0.05, 0) is 35.7 Å². The molecule has 1 aliphatic heterocycles. The SMILES string of the molecule is O=C(NCCc1cccnc1)c1cccc(CNc2ncc(-c3cn[nH]c3)c3c2CCO3)c1. The fraction of sp³-hybridized carbons (Fsp3) is 0.200. The molecular weight excluding hydrogens is 416 g/mol. The Morgan fingerprint density at radius 2 is 2.06 bits per heavy atom. The molecule has 33 heavy (non-hydrogen) atoms. The predicted molar refractivity (Wildman–Crippen MR) is 125 cm³/mol. The molecular formula is C25H24N6O2. The molecule has 0 bridgehead atoms. The van der Waals surface area contributed by atoms with Crippen molar-refractivity contribution >= 4 is 11.7 Å². The lowest BCUT2D eigenvalue weighted by Crippen LogP contribution is -2.25. The van der Waals surface area contributed by atoms with Crippen molar-refractivity contribution in [3.8, 4) is 16.9 Å². The van der Waals surface area contributed by atoms with Crippen LogP contribution in [0, 0.1) is 0 Å². The van der Waals surface area contributed by atoms with Crippen LogP contribution in [0.3, 0.4) is 0 Å². The highest BCUT2D eigenvalue weighted by Gasteiger charge is 2.22. The summed E-state index contributed by atoms with van der Waals surface area (Å²) in [6.45, 7) is 1.75. The molecule has 5 rings (SSSR count). The average Bonchev–Trinajstić information content (AvgIpc) is 3.56. The number of hydrogen-bond donors (Lipinski definition) is 3. The van der Waals surface area contributed by atoms with E-state index >= 15 is 0 Å². The highest BCUT2D eigenvalue weighted by Crippen LogP contribution is 2.39. The van der Waals surface area contributed by atoms with E-state index < -0.39 is 0 Å². The maximum absolute atomic E-state index is 12.6. The van der Waals surface area contributed by atoms with Gasteiger partial charge in [-0.25, -0.2) is 4.98 Å². The topological polar surface area (TPSA) is 105 Å². The molecule has 4 heterocycles.